The Morgan fingerprint density at radius 1 is 0.968 bits per heavy atom. The van der Waals surface area contributed by atoms with Gasteiger partial charge >= 0.3 is 0 Å². The molecule has 1 aromatic rings. The molecule has 0 saturated carbocycles. The van der Waals surface area contributed by atoms with Gasteiger partial charge < -0.3 is 14.9 Å². The minimum atomic E-state index is -0.405. The van der Waals surface area contributed by atoms with Crippen LogP contribution in [-0.4, -0.2) is 16.8 Å². The van der Waals surface area contributed by atoms with Crippen molar-refractivity contribution in [1.29, 1.82) is 0 Å². The van der Waals surface area contributed by atoms with E-state index in [4.69, 9.17) is 9.84 Å². The fourth-order valence-electron chi connectivity index (χ4n) is 2.67. The summed E-state index contributed by atoms with van der Waals surface area (Å²) in [5.41, 5.74) is 1.76. The first-order chi connectivity index (χ1) is 14.5. The first-order valence-electron chi connectivity index (χ1n) is 11.2. The van der Waals surface area contributed by atoms with Crippen molar-refractivity contribution in [3.63, 3.8) is 0 Å². The predicted octanol–water partition coefficient (Wildman–Crippen LogP) is 7.72. The summed E-state index contributed by atoms with van der Waals surface area (Å²) in [5, 5.41) is 18.4. The number of aliphatic hydroxyl groups excluding tert-OH is 2. The van der Waals surface area contributed by atoms with Crippen LogP contribution in [0.3, 0.4) is 0 Å². The highest BCUT2D eigenvalue weighted by atomic mass is 16.5. The largest absolute Gasteiger partial charge is 0.508 e. The van der Waals surface area contributed by atoms with E-state index in [2.05, 4.69) is 58.7 Å². The van der Waals surface area contributed by atoms with Gasteiger partial charge in [0.25, 0.3) is 0 Å². The number of ether oxygens (including phenoxy) is 1. The van der Waals surface area contributed by atoms with E-state index >= 15 is 0 Å². The van der Waals surface area contributed by atoms with Gasteiger partial charge in [-0.15, -0.1) is 0 Å². The molecular weight excluding hydrogens is 384 g/mol. The van der Waals surface area contributed by atoms with Gasteiger partial charge in [0.15, 0.2) is 0 Å². The maximum atomic E-state index is 9.64. The minimum Gasteiger partial charge on any atom is -0.508 e. The maximum absolute atomic E-state index is 9.64. The molecule has 0 unspecified atom stereocenters. The van der Waals surface area contributed by atoms with E-state index in [0.717, 1.165) is 18.1 Å². The first-order valence-corrected chi connectivity index (χ1v) is 11.2. The fraction of sp³-hybridized carbons (Fsp3) is 0.500. The van der Waals surface area contributed by atoms with E-state index in [1.807, 2.05) is 52.0 Å². The summed E-state index contributed by atoms with van der Waals surface area (Å²) in [6.07, 6.45) is 10.3. The van der Waals surface area contributed by atoms with Crippen molar-refractivity contribution in [2.75, 3.05) is 6.61 Å². The molecule has 0 fully saturated rings. The van der Waals surface area contributed by atoms with Gasteiger partial charge in [-0.3, -0.25) is 0 Å². The third kappa shape index (κ3) is 10.8. The Morgan fingerprint density at radius 3 is 2.03 bits per heavy atom. The highest BCUT2D eigenvalue weighted by Gasteiger charge is 2.24. The molecule has 0 bridgehead atoms. The molecule has 172 valence electrons. The van der Waals surface area contributed by atoms with Crippen molar-refractivity contribution in [2.24, 2.45) is 11.3 Å². The van der Waals surface area contributed by atoms with Gasteiger partial charge in [0.05, 0.1) is 5.41 Å². The van der Waals surface area contributed by atoms with Crippen LogP contribution in [0.2, 0.25) is 0 Å². The van der Waals surface area contributed by atoms with E-state index in [0.29, 0.717) is 12.4 Å². The SMILES string of the molecule is CC.CC(C)(C#CO)COc1ccc(C(C)(C)C2=CCC=C(O)C=C2)cc1.CC(C)C. The summed E-state index contributed by atoms with van der Waals surface area (Å²) < 4.78 is 5.79. The second-order valence-electron chi connectivity index (χ2n) is 9.15. The van der Waals surface area contributed by atoms with E-state index in [1.54, 1.807) is 12.2 Å². The number of rotatable bonds is 5. The van der Waals surface area contributed by atoms with Crippen molar-refractivity contribution in [1.82, 2.24) is 0 Å². The molecule has 0 aromatic heterocycles. The number of allylic oxidation sites excluding steroid dienone is 5. The summed E-state index contributed by atoms with van der Waals surface area (Å²) in [4.78, 5) is 0. The van der Waals surface area contributed by atoms with Gasteiger partial charge in [-0.05, 0) is 61.6 Å². The average Bonchev–Trinajstić information content (AvgIpc) is 2.93. The third-order valence-electron chi connectivity index (χ3n) is 4.39. The van der Waals surface area contributed by atoms with Crippen LogP contribution in [0.5, 0.6) is 5.75 Å². The smallest absolute Gasteiger partial charge is 0.119 e. The maximum Gasteiger partial charge on any atom is 0.119 e. The molecule has 0 saturated heterocycles. The lowest BCUT2D eigenvalue weighted by molar-refractivity contribution is 0.228. The third-order valence-corrected chi connectivity index (χ3v) is 4.39. The second-order valence-corrected chi connectivity index (χ2v) is 9.15. The van der Waals surface area contributed by atoms with Crippen LogP contribution in [0.4, 0.5) is 0 Å². The lowest BCUT2D eigenvalue weighted by Gasteiger charge is -2.27. The Morgan fingerprint density at radius 2 is 1.52 bits per heavy atom. The molecule has 2 rings (SSSR count). The van der Waals surface area contributed by atoms with Crippen molar-refractivity contribution in [3.05, 3.63) is 65.5 Å². The van der Waals surface area contributed by atoms with Crippen LogP contribution in [0.15, 0.2) is 59.9 Å². The highest BCUT2D eigenvalue weighted by molar-refractivity contribution is 5.44. The van der Waals surface area contributed by atoms with Crippen LogP contribution in [0, 0.1) is 23.4 Å². The van der Waals surface area contributed by atoms with E-state index in [1.165, 1.54) is 11.1 Å². The average molecular weight is 427 g/mol. The molecule has 0 radical (unpaired) electrons. The van der Waals surface area contributed by atoms with Crippen LogP contribution in [-0.2, 0) is 5.41 Å². The zero-order valence-corrected chi connectivity index (χ0v) is 20.9. The first kappa shape index (κ1) is 28.4. The van der Waals surface area contributed by atoms with Crippen LogP contribution >= 0.6 is 0 Å². The van der Waals surface area contributed by atoms with Gasteiger partial charge in [0, 0.05) is 5.41 Å². The predicted molar refractivity (Wildman–Crippen MR) is 133 cm³/mol. The van der Waals surface area contributed by atoms with E-state index < -0.39 is 5.41 Å². The Balaban J connectivity index is 0.00000134. The lowest BCUT2D eigenvalue weighted by Crippen LogP contribution is -2.20. The summed E-state index contributed by atoms with van der Waals surface area (Å²) >= 11 is 0. The van der Waals surface area contributed by atoms with Crippen LogP contribution < -0.4 is 4.74 Å². The molecule has 0 aliphatic heterocycles. The number of benzene rings is 1. The summed E-state index contributed by atoms with van der Waals surface area (Å²) in [6.45, 7) is 19.1. The molecule has 1 aliphatic rings. The Bertz CT molecular complexity index is 792. The zero-order valence-electron chi connectivity index (χ0n) is 20.9. The van der Waals surface area contributed by atoms with E-state index in [-0.39, 0.29) is 5.41 Å². The topological polar surface area (TPSA) is 49.7 Å². The zero-order chi connectivity index (χ0) is 24.1. The van der Waals surface area contributed by atoms with Crippen LogP contribution in [0.25, 0.3) is 0 Å². The van der Waals surface area contributed by atoms with Crippen molar-refractivity contribution in [2.45, 2.75) is 74.1 Å². The molecule has 1 aromatic carbocycles. The summed E-state index contributed by atoms with van der Waals surface area (Å²) in [7, 11) is 0. The molecule has 3 heteroatoms. The normalized spacial score (nSPS) is 13.2. The van der Waals surface area contributed by atoms with Gasteiger partial charge in [-0.1, -0.05) is 78.7 Å². The Labute approximate surface area is 190 Å². The van der Waals surface area contributed by atoms with Gasteiger partial charge in [0.2, 0.25) is 0 Å². The molecule has 1 aliphatic carbocycles. The number of hydrogen-bond donors (Lipinski definition) is 2. The Kier molecular flexibility index (Phi) is 12.5. The molecule has 0 atom stereocenters. The van der Waals surface area contributed by atoms with Crippen molar-refractivity contribution < 1.29 is 14.9 Å². The van der Waals surface area contributed by atoms with Gasteiger partial charge in [0.1, 0.15) is 24.2 Å². The minimum absolute atomic E-state index is 0.172. The summed E-state index contributed by atoms with van der Waals surface area (Å²) in [5.74, 6) is 4.63. The fourth-order valence-corrected chi connectivity index (χ4v) is 2.67. The van der Waals surface area contributed by atoms with Crippen molar-refractivity contribution >= 4 is 0 Å². The molecular formula is C28H42O3. The van der Waals surface area contributed by atoms with Gasteiger partial charge in [-0.2, -0.15) is 0 Å². The molecule has 2 N–H and O–H groups in total. The molecule has 0 heterocycles. The number of aliphatic hydroxyl groups is 2. The summed E-state index contributed by atoms with van der Waals surface area (Å²) in [6, 6.07) is 8.03. The van der Waals surface area contributed by atoms with E-state index in [9.17, 15) is 5.11 Å². The Hall–Kier alpha value is -2.60. The van der Waals surface area contributed by atoms with Crippen molar-refractivity contribution in [3.8, 4) is 17.8 Å². The monoisotopic (exact) mass is 426 g/mol. The molecule has 3 nitrogen and oxygen atoms in total. The number of hydrogen-bond acceptors (Lipinski definition) is 3. The molecule has 31 heavy (non-hydrogen) atoms. The van der Waals surface area contributed by atoms with Crippen LogP contribution in [0.1, 0.15) is 74.3 Å². The standard InChI is InChI=1S/C22H26O3.C4H10.C2H6/c1-21(2,14-15-23)16-25-20-12-9-18(10-13-20)22(3,4)17-6-5-7-19(24)11-8-17;1-4(2)3;1-2/h6-13,23-24H,5,16H2,1-4H3;4H,1-3H3;1-2H3. The second kappa shape index (κ2) is 13.7. The molecule has 0 spiro atoms. The van der Waals surface area contributed by atoms with Gasteiger partial charge in [-0.25, -0.2) is 0 Å². The highest BCUT2D eigenvalue weighted by Crippen LogP contribution is 2.34. The molecule has 0 amide bonds. The quantitative estimate of drug-likeness (QED) is 0.474. The lowest BCUT2D eigenvalue weighted by atomic mass is 9.77.